The first-order valence-corrected chi connectivity index (χ1v) is 4.35. The normalized spacial score (nSPS) is 19.1. The Hall–Kier alpha value is -1.07. The van der Waals surface area contributed by atoms with Crippen LogP contribution in [-0.2, 0) is 11.3 Å². The van der Waals surface area contributed by atoms with Crippen molar-refractivity contribution in [2.75, 3.05) is 32.0 Å². The van der Waals surface area contributed by atoms with Crippen LogP contribution in [0, 0.1) is 0 Å². The summed E-state index contributed by atoms with van der Waals surface area (Å²) in [6, 6.07) is 0. The number of morpholine rings is 1. The molecule has 1 aliphatic heterocycles. The maximum Gasteiger partial charge on any atom is 0.226 e. The molecule has 0 amide bonds. The Balaban J connectivity index is 1.93. The van der Waals surface area contributed by atoms with E-state index in [1.54, 1.807) is 6.20 Å². The SMILES string of the molecule is Nc1oncc1CN1CCOCC1. The molecule has 1 fully saturated rings. The Labute approximate surface area is 76.4 Å². The molecule has 0 aromatic carbocycles. The van der Waals surface area contributed by atoms with Gasteiger partial charge in [0.15, 0.2) is 0 Å². The molecule has 0 bridgehead atoms. The number of nitrogens with zero attached hydrogens (tertiary/aromatic N) is 2. The smallest absolute Gasteiger partial charge is 0.226 e. The highest BCUT2D eigenvalue weighted by Gasteiger charge is 2.13. The van der Waals surface area contributed by atoms with Gasteiger partial charge in [0.2, 0.25) is 5.88 Å². The molecule has 0 atom stereocenters. The number of hydrogen-bond acceptors (Lipinski definition) is 5. The number of rotatable bonds is 2. The first-order valence-electron chi connectivity index (χ1n) is 4.35. The molecule has 1 aliphatic rings. The molecule has 0 spiro atoms. The minimum absolute atomic E-state index is 0.423. The second-order valence-corrected chi connectivity index (χ2v) is 3.10. The number of ether oxygens (including phenoxy) is 1. The van der Waals surface area contributed by atoms with Crippen LogP contribution in [-0.4, -0.2) is 36.4 Å². The highest BCUT2D eigenvalue weighted by atomic mass is 16.5. The minimum Gasteiger partial charge on any atom is -0.379 e. The van der Waals surface area contributed by atoms with Crippen LogP contribution in [0.1, 0.15) is 5.56 Å². The third-order valence-corrected chi connectivity index (χ3v) is 2.17. The van der Waals surface area contributed by atoms with Crippen molar-refractivity contribution in [2.24, 2.45) is 0 Å². The van der Waals surface area contributed by atoms with Crippen molar-refractivity contribution < 1.29 is 9.26 Å². The highest BCUT2D eigenvalue weighted by Crippen LogP contribution is 2.13. The van der Waals surface area contributed by atoms with E-state index in [-0.39, 0.29) is 0 Å². The fourth-order valence-electron chi connectivity index (χ4n) is 1.39. The maximum atomic E-state index is 5.57. The summed E-state index contributed by atoms with van der Waals surface area (Å²) in [5.41, 5.74) is 6.53. The molecule has 5 nitrogen and oxygen atoms in total. The average Bonchev–Trinajstić information content (AvgIpc) is 2.54. The molecule has 0 unspecified atom stereocenters. The van der Waals surface area contributed by atoms with Gasteiger partial charge in [-0.1, -0.05) is 5.16 Å². The van der Waals surface area contributed by atoms with Crippen LogP contribution in [0.3, 0.4) is 0 Å². The van der Waals surface area contributed by atoms with Crippen molar-refractivity contribution in [2.45, 2.75) is 6.54 Å². The second-order valence-electron chi connectivity index (χ2n) is 3.10. The molecule has 0 aliphatic carbocycles. The highest BCUT2D eigenvalue weighted by molar-refractivity contribution is 5.32. The lowest BCUT2D eigenvalue weighted by atomic mass is 10.3. The van der Waals surface area contributed by atoms with E-state index >= 15 is 0 Å². The molecule has 2 rings (SSSR count). The predicted octanol–water partition coefficient (Wildman–Crippen LogP) is 0.0890. The second kappa shape index (κ2) is 3.76. The molecule has 5 heteroatoms. The Morgan fingerprint density at radius 2 is 2.23 bits per heavy atom. The molecular formula is C8H13N3O2. The Bertz CT molecular complexity index is 268. The number of nitrogen functional groups attached to an aromatic ring is 1. The van der Waals surface area contributed by atoms with Crippen LogP contribution in [0.5, 0.6) is 0 Å². The molecule has 1 aromatic rings. The lowest BCUT2D eigenvalue weighted by molar-refractivity contribution is 0.0342. The zero-order valence-electron chi connectivity index (χ0n) is 7.40. The van der Waals surface area contributed by atoms with Crippen molar-refractivity contribution in [3.8, 4) is 0 Å². The van der Waals surface area contributed by atoms with Crippen molar-refractivity contribution in [1.82, 2.24) is 10.1 Å². The average molecular weight is 183 g/mol. The van der Waals surface area contributed by atoms with Crippen LogP contribution in [0.15, 0.2) is 10.7 Å². The van der Waals surface area contributed by atoms with Gasteiger partial charge in [-0.15, -0.1) is 0 Å². The van der Waals surface area contributed by atoms with Crippen molar-refractivity contribution in [3.63, 3.8) is 0 Å². The Kier molecular flexibility index (Phi) is 2.47. The van der Waals surface area contributed by atoms with Crippen molar-refractivity contribution in [1.29, 1.82) is 0 Å². The van der Waals surface area contributed by atoms with Crippen molar-refractivity contribution in [3.05, 3.63) is 11.8 Å². The van der Waals surface area contributed by atoms with Gasteiger partial charge in [-0.25, -0.2) is 0 Å². The summed E-state index contributed by atoms with van der Waals surface area (Å²) < 4.78 is 10.0. The van der Waals surface area contributed by atoms with Crippen LogP contribution < -0.4 is 5.73 Å². The lowest BCUT2D eigenvalue weighted by Gasteiger charge is -2.25. The topological polar surface area (TPSA) is 64.5 Å². The summed E-state index contributed by atoms with van der Waals surface area (Å²) in [5.74, 6) is 0.423. The molecule has 0 saturated carbocycles. The van der Waals surface area contributed by atoms with Gasteiger partial charge in [-0.2, -0.15) is 0 Å². The first-order chi connectivity index (χ1) is 6.36. The molecule has 13 heavy (non-hydrogen) atoms. The lowest BCUT2D eigenvalue weighted by Crippen LogP contribution is -2.35. The van der Waals surface area contributed by atoms with Gasteiger partial charge in [0.05, 0.1) is 25.0 Å². The molecule has 2 heterocycles. The first kappa shape index (κ1) is 8.52. The molecule has 2 N–H and O–H groups in total. The van der Waals surface area contributed by atoms with E-state index in [2.05, 4.69) is 10.1 Å². The van der Waals surface area contributed by atoms with Crippen LogP contribution in [0.25, 0.3) is 0 Å². The summed E-state index contributed by atoms with van der Waals surface area (Å²) >= 11 is 0. The van der Waals surface area contributed by atoms with E-state index in [0.29, 0.717) is 5.88 Å². The fourth-order valence-corrected chi connectivity index (χ4v) is 1.39. The van der Waals surface area contributed by atoms with Gasteiger partial charge in [-0.05, 0) is 0 Å². The molecule has 72 valence electrons. The minimum atomic E-state index is 0.423. The Morgan fingerprint density at radius 3 is 2.85 bits per heavy atom. The van der Waals surface area contributed by atoms with Crippen LogP contribution in [0.4, 0.5) is 5.88 Å². The van der Waals surface area contributed by atoms with Gasteiger partial charge < -0.3 is 15.0 Å². The van der Waals surface area contributed by atoms with Crippen LogP contribution in [0.2, 0.25) is 0 Å². The maximum absolute atomic E-state index is 5.57. The number of anilines is 1. The van der Waals surface area contributed by atoms with E-state index in [0.717, 1.165) is 38.4 Å². The van der Waals surface area contributed by atoms with Gasteiger partial charge in [-0.3, -0.25) is 4.90 Å². The summed E-state index contributed by atoms with van der Waals surface area (Å²) in [5, 5.41) is 3.63. The molecule has 1 aromatic heterocycles. The zero-order valence-corrected chi connectivity index (χ0v) is 7.40. The fraction of sp³-hybridized carbons (Fsp3) is 0.625. The van der Waals surface area contributed by atoms with E-state index < -0.39 is 0 Å². The zero-order chi connectivity index (χ0) is 9.10. The summed E-state index contributed by atoms with van der Waals surface area (Å²) in [4.78, 5) is 2.27. The van der Waals surface area contributed by atoms with Gasteiger partial charge in [0.25, 0.3) is 0 Å². The van der Waals surface area contributed by atoms with Crippen LogP contribution >= 0.6 is 0 Å². The summed E-state index contributed by atoms with van der Waals surface area (Å²) in [7, 11) is 0. The quantitative estimate of drug-likeness (QED) is 0.704. The molecule has 0 radical (unpaired) electrons. The standard InChI is InChI=1S/C8H13N3O2/c9-8-7(5-10-13-8)6-11-1-3-12-4-2-11/h5H,1-4,6,9H2. The number of nitrogens with two attached hydrogens (primary N) is 1. The van der Waals surface area contributed by atoms with Gasteiger partial charge >= 0.3 is 0 Å². The third kappa shape index (κ3) is 1.99. The predicted molar refractivity (Wildman–Crippen MR) is 47.0 cm³/mol. The summed E-state index contributed by atoms with van der Waals surface area (Å²) in [6.45, 7) is 4.30. The van der Waals surface area contributed by atoms with E-state index in [1.165, 1.54) is 0 Å². The monoisotopic (exact) mass is 183 g/mol. The summed E-state index contributed by atoms with van der Waals surface area (Å²) in [6.07, 6.45) is 1.67. The number of aromatic nitrogens is 1. The van der Waals surface area contributed by atoms with Gasteiger partial charge in [0, 0.05) is 19.6 Å². The third-order valence-electron chi connectivity index (χ3n) is 2.17. The van der Waals surface area contributed by atoms with E-state index in [4.69, 9.17) is 15.0 Å². The molecular weight excluding hydrogens is 170 g/mol. The van der Waals surface area contributed by atoms with Crippen molar-refractivity contribution >= 4 is 5.88 Å². The Morgan fingerprint density at radius 1 is 1.46 bits per heavy atom. The largest absolute Gasteiger partial charge is 0.379 e. The van der Waals surface area contributed by atoms with Gasteiger partial charge in [0.1, 0.15) is 0 Å². The van der Waals surface area contributed by atoms with E-state index in [9.17, 15) is 0 Å². The van der Waals surface area contributed by atoms with E-state index in [1.807, 2.05) is 0 Å². The molecule has 1 saturated heterocycles. The number of hydrogen-bond donors (Lipinski definition) is 1.